The molecule has 0 saturated heterocycles. The smallest absolute Gasteiger partial charge is 0.264 e. The van der Waals surface area contributed by atoms with Gasteiger partial charge in [0.25, 0.3) is 10.0 Å². The standard InChI is InChI=1S/C27H31N3O4S/c1-20-10-14-24(15-11-20)30(35(33,34)25-16-12-21(2)13-17-25)19-26(31)29(22(3)27(32)28-4)18-23-8-6-5-7-9-23/h5-17,22H,18-19H2,1-4H3,(H,28,32)/t22-/m0/s1. The van der Waals surface area contributed by atoms with E-state index in [1.807, 2.05) is 44.2 Å². The Morgan fingerprint density at radius 3 is 1.94 bits per heavy atom. The van der Waals surface area contributed by atoms with Crippen molar-refractivity contribution in [3.05, 3.63) is 95.6 Å². The molecule has 3 rings (SSSR count). The highest BCUT2D eigenvalue weighted by molar-refractivity contribution is 7.92. The van der Waals surface area contributed by atoms with Crippen LogP contribution < -0.4 is 9.62 Å². The zero-order valence-electron chi connectivity index (χ0n) is 20.4. The minimum Gasteiger partial charge on any atom is -0.357 e. The number of anilines is 1. The van der Waals surface area contributed by atoms with Crippen molar-refractivity contribution in [1.29, 1.82) is 0 Å². The summed E-state index contributed by atoms with van der Waals surface area (Å²) in [5, 5.41) is 2.57. The molecular formula is C27H31N3O4S. The highest BCUT2D eigenvalue weighted by Crippen LogP contribution is 2.25. The predicted octanol–water partition coefficient (Wildman–Crippen LogP) is 3.66. The fourth-order valence-corrected chi connectivity index (χ4v) is 5.06. The van der Waals surface area contributed by atoms with Gasteiger partial charge in [-0.2, -0.15) is 0 Å². The van der Waals surface area contributed by atoms with E-state index in [9.17, 15) is 18.0 Å². The van der Waals surface area contributed by atoms with Crippen molar-refractivity contribution in [2.24, 2.45) is 0 Å². The van der Waals surface area contributed by atoms with Crippen LogP contribution in [0.2, 0.25) is 0 Å². The Balaban J connectivity index is 2.01. The molecule has 3 aromatic rings. The van der Waals surface area contributed by atoms with Gasteiger partial charge in [-0.25, -0.2) is 8.42 Å². The summed E-state index contributed by atoms with van der Waals surface area (Å²) < 4.78 is 28.5. The summed E-state index contributed by atoms with van der Waals surface area (Å²) in [4.78, 5) is 27.6. The molecule has 0 unspecified atom stereocenters. The van der Waals surface area contributed by atoms with Gasteiger partial charge in [-0.1, -0.05) is 65.7 Å². The van der Waals surface area contributed by atoms with Crippen molar-refractivity contribution in [2.75, 3.05) is 17.9 Å². The van der Waals surface area contributed by atoms with Gasteiger partial charge in [-0.15, -0.1) is 0 Å². The number of aryl methyl sites for hydroxylation is 2. The Hall–Kier alpha value is -3.65. The van der Waals surface area contributed by atoms with Crippen LogP contribution in [0.1, 0.15) is 23.6 Å². The van der Waals surface area contributed by atoms with Gasteiger partial charge in [0, 0.05) is 13.6 Å². The Labute approximate surface area is 207 Å². The van der Waals surface area contributed by atoms with E-state index in [0.29, 0.717) is 5.69 Å². The van der Waals surface area contributed by atoms with Crippen molar-refractivity contribution in [1.82, 2.24) is 10.2 Å². The number of carbonyl (C=O) groups excluding carboxylic acids is 2. The van der Waals surface area contributed by atoms with E-state index in [-0.39, 0.29) is 17.3 Å². The maximum Gasteiger partial charge on any atom is 0.264 e. The third-order valence-corrected chi connectivity index (χ3v) is 7.61. The number of rotatable bonds is 9. The Bertz CT molecular complexity index is 1260. The number of hydrogen-bond donors (Lipinski definition) is 1. The maximum atomic E-state index is 13.7. The topological polar surface area (TPSA) is 86.8 Å². The first-order valence-electron chi connectivity index (χ1n) is 11.3. The number of carbonyl (C=O) groups is 2. The normalized spacial score (nSPS) is 12.0. The number of nitrogens with one attached hydrogen (secondary N) is 1. The highest BCUT2D eigenvalue weighted by atomic mass is 32.2. The molecule has 0 aliphatic rings. The molecule has 184 valence electrons. The van der Waals surface area contributed by atoms with E-state index in [2.05, 4.69) is 5.32 Å². The molecule has 0 bridgehead atoms. The zero-order chi connectivity index (χ0) is 25.6. The molecule has 35 heavy (non-hydrogen) atoms. The molecule has 3 aromatic carbocycles. The van der Waals surface area contributed by atoms with E-state index in [0.717, 1.165) is 21.0 Å². The van der Waals surface area contributed by atoms with Gasteiger partial charge in [-0.3, -0.25) is 13.9 Å². The molecule has 0 radical (unpaired) electrons. The summed E-state index contributed by atoms with van der Waals surface area (Å²) in [6.45, 7) is 5.12. The first kappa shape index (κ1) is 26.0. The number of benzene rings is 3. The van der Waals surface area contributed by atoms with Crippen molar-refractivity contribution in [2.45, 2.75) is 38.3 Å². The molecule has 0 aromatic heterocycles. The summed E-state index contributed by atoms with van der Waals surface area (Å²) in [5.74, 6) is -0.821. The van der Waals surface area contributed by atoms with E-state index < -0.39 is 28.5 Å². The summed E-state index contributed by atoms with van der Waals surface area (Å²) >= 11 is 0. The molecule has 0 heterocycles. The summed E-state index contributed by atoms with van der Waals surface area (Å²) in [6.07, 6.45) is 0. The Morgan fingerprint density at radius 1 is 0.857 bits per heavy atom. The lowest BCUT2D eigenvalue weighted by molar-refractivity contribution is -0.139. The number of sulfonamides is 1. The van der Waals surface area contributed by atoms with Crippen LogP contribution in [0.5, 0.6) is 0 Å². The van der Waals surface area contributed by atoms with Crippen molar-refractivity contribution >= 4 is 27.5 Å². The summed E-state index contributed by atoms with van der Waals surface area (Å²) in [5.41, 5.74) is 3.10. The fraction of sp³-hybridized carbons (Fsp3) is 0.259. The van der Waals surface area contributed by atoms with Crippen LogP contribution in [-0.4, -0.2) is 44.8 Å². The van der Waals surface area contributed by atoms with Crippen LogP contribution in [0.3, 0.4) is 0 Å². The molecule has 0 aliphatic carbocycles. The molecule has 8 heteroatoms. The first-order chi connectivity index (χ1) is 16.6. The molecule has 1 N–H and O–H groups in total. The molecule has 0 saturated carbocycles. The molecule has 0 spiro atoms. The quantitative estimate of drug-likeness (QED) is 0.493. The minimum atomic E-state index is -4.05. The van der Waals surface area contributed by atoms with Crippen LogP contribution in [0.25, 0.3) is 0 Å². The largest absolute Gasteiger partial charge is 0.357 e. The Kier molecular flexibility index (Phi) is 8.30. The lowest BCUT2D eigenvalue weighted by atomic mass is 10.1. The van der Waals surface area contributed by atoms with Crippen LogP contribution in [-0.2, 0) is 26.2 Å². The summed E-state index contributed by atoms with van der Waals surface area (Å²) in [6, 6.07) is 21.9. The van der Waals surface area contributed by atoms with Crippen LogP contribution in [0, 0.1) is 13.8 Å². The third kappa shape index (κ3) is 6.27. The van der Waals surface area contributed by atoms with E-state index in [1.54, 1.807) is 43.3 Å². The van der Waals surface area contributed by atoms with Crippen LogP contribution in [0.4, 0.5) is 5.69 Å². The van der Waals surface area contributed by atoms with Gasteiger partial charge in [0.15, 0.2) is 0 Å². The van der Waals surface area contributed by atoms with Gasteiger partial charge in [0.2, 0.25) is 11.8 Å². The zero-order valence-corrected chi connectivity index (χ0v) is 21.2. The maximum absolute atomic E-state index is 13.7. The number of nitrogens with zero attached hydrogens (tertiary/aromatic N) is 2. The SMILES string of the molecule is CNC(=O)[C@H](C)N(Cc1ccccc1)C(=O)CN(c1ccc(C)cc1)S(=O)(=O)c1ccc(C)cc1. The van der Waals surface area contributed by atoms with E-state index in [1.165, 1.54) is 24.1 Å². The molecule has 2 amide bonds. The van der Waals surface area contributed by atoms with Gasteiger partial charge in [0.1, 0.15) is 12.6 Å². The fourth-order valence-electron chi connectivity index (χ4n) is 3.65. The monoisotopic (exact) mass is 493 g/mol. The number of hydrogen-bond acceptors (Lipinski definition) is 4. The van der Waals surface area contributed by atoms with Crippen molar-refractivity contribution in [3.63, 3.8) is 0 Å². The average Bonchev–Trinajstić information content (AvgIpc) is 2.86. The highest BCUT2D eigenvalue weighted by Gasteiger charge is 2.32. The Morgan fingerprint density at radius 2 is 1.40 bits per heavy atom. The van der Waals surface area contributed by atoms with Gasteiger partial charge in [0.05, 0.1) is 10.6 Å². The van der Waals surface area contributed by atoms with Crippen molar-refractivity contribution in [3.8, 4) is 0 Å². The second-order valence-corrected chi connectivity index (χ2v) is 10.3. The summed E-state index contributed by atoms with van der Waals surface area (Å²) in [7, 11) is -2.55. The first-order valence-corrected chi connectivity index (χ1v) is 12.8. The lowest BCUT2D eigenvalue weighted by Crippen LogP contribution is -2.50. The number of amides is 2. The molecule has 0 fully saturated rings. The van der Waals surface area contributed by atoms with Gasteiger partial charge < -0.3 is 10.2 Å². The molecule has 7 nitrogen and oxygen atoms in total. The predicted molar refractivity (Wildman–Crippen MR) is 137 cm³/mol. The average molecular weight is 494 g/mol. The second kappa shape index (κ2) is 11.2. The van der Waals surface area contributed by atoms with Crippen LogP contribution >= 0.6 is 0 Å². The lowest BCUT2D eigenvalue weighted by Gasteiger charge is -2.31. The molecule has 0 aliphatic heterocycles. The van der Waals surface area contributed by atoms with Gasteiger partial charge >= 0.3 is 0 Å². The van der Waals surface area contributed by atoms with E-state index >= 15 is 0 Å². The van der Waals surface area contributed by atoms with Crippen LogP contribution in [0.15, 0.2) is 83.8 Å². The third-order valence-electron chi connectivity index (χ3n) is 5.82. The van der Waals surface area contributed by atoms with E-state index in [4.69, 9.17) is 0 Å². The van der Waals surface area contributed by atoms with Crippen molar-refractivity contribution < 1.29 is 18.0 Å². The van der Waals surface area contributed by atoms with Gasteiger partial charge in [-0.05, 0) is 50.6 Å². The number of likely N-dealkylation sites (N-methyl/N-ethyl adjacent to an activating group) is 1. The molecule has 1 atom stereocenters. The molecular weight excluding hydrogens is 462 g/mol. The second-order valence-electron chi connectivity index (χ2n) is 8.46. The minimum absolute atomic E-state index is 0.0884.